The van der Waals surface area contributed by atoms with Crippen LogP contribution in [0.4, 0.5) is 10.1 Å². The van der Waals surface area contributed by atoms with Crippen molar-refractivity contribution in [3.05, 3.63) is 62.9 Å². The molecule has 1 N–H and O–H groups in total. The lowest BCUT2D eigenvalue weighted by Crippen LogP contribution is -2.35. The highest BCUT2D eigenvalue weighted by atomic mass is 35.5. The van der Waals surface area contributed by atoms with Crippen LogP contribution in [0.25, 0.3) is 0 Å². The van der Waals surface area contributed by atoms with Crippen molar-refractivity contribution < 1.29 is 14.0 Å². The van der Waals surface area contributed by atoms with Gasteiger partial charge in [0.05, 0.1) is 22.2 Å². The largest absolute Gasteiger partial charge is 0.332 e. The van der Waals surface area contributed by atoms with Crippen molar-refractivity contribution in [2.45, 2.75) is 13.8 Å². The minimum atomic E-state index is -0.748. The summed E-state index contributed by atoms with van der Waals surface area (Å²) in [4.78, 5) is 25.7. The first kappa shape index (κ1) is 19.2. The summed E-state index contributed by atoms with van der Waals surface area (Å²) in [6.45, 7) is 3.64. The molecule has 0 bridgehead atoms. The number of likely N-dealkylation sites (N-methyl/N-ethyl adjacent to an activating group) is 1. The fraction of sp³-hybridized carbons (Fsp3) is 0.222. The van der Waals surface area contributed by atoms with Gasteiger partial charge in [-0.2, -0.15) is 0 Å². The Balaban J connectivity index is 2.09. The number of anilines is 1. The minimum Gasteiger partial charge on any atom is -0.332 e. The predicted molar refractivity (Wildman–Crippen MR) is 97.9 cm³/mol. The Morgan fingerprint density at radius 2 is 1.84 bits per heavy atom. The van der Waals surface area contributed by atoms with Gasteiger partial charge in [0.1, 0.15) is 5.82 Å². The van der Waals surface area contributed by atoms with E-state index in [-0.39, 0.29) is 28.1 Å². The van der Waals surface area contributed by atoms with Gasteiger partial charge in [-0.1, -0.05) is 35.3 Å². The van der Waals surface area contributed by atoms with E-state index in [2.05, 4.69) is 5.32 Å². The second kappa shape index (κ2) is 7.85. The first-order chi connectivity index (χ1) is 11.7. The zero-order valence-corrected chi connectivity index (χ0v) is 15.5. The van der Waals surface area contributed by atoms with Crippen LogP contribution in [0.3, 0.4) is 0 Å². The standard InChI is InChI=1S/C18H17Cl2FN2O2/c1-10-5-4-6-16(11(10)2)22-17(24)9-23(3)18(25)12-7-15(21)14(20)8-13(12)19/h4-8H,9H2,1-3H3,(H,22,24). The van der Waals surface area contributed by atoms with Gasteiger partial charge in [0, 0.05) is 12.7 Å². The van der Waals surface area contributed by atoms with Crippen molar-refractivity contribution in [2.75, 3.05) is 18.9 Å². The van der Waals surface area contributed by atoms with Gasteiger partial charge in [-0.3, -0.25) is 9.59 Å². The van der Waals surface area contributed by atoms with Crippen molar-refractivity contribution in [2.24, 2.45) is 0 Å². The quantitative estimate of drug-likeness (QED) is 0.793. The molecule has 0 aromatic heterocycles. The molecule has 7 heteroatoms. The molecule has 0 heterocycles. The molecule has 0 unspecified atom stereocenters. The highest BCUT2D eigenvalue weighted by Crippen LogP contribution is 2.25. The maximum atomic E-state index is 13.6. The number of carbonyl (C=O) groups is 2. The molecule has 0 aliphatic rings. The number of aryl methyl sites for hydroxylation is 1. The number of amides is 2. The Morgan fingerprint density at radius 3 is 2.52 bits per heavy atom. The molecule has 25 heavy (non-hydrogen) atoms. The monoisotopic (exact) mass is 382 g/mol. The Morgan fingerprint density at radius 1 is 1.16 bits per heavy atom. The minimum absolute atomic E-state index is 0.0261. The van der Waals surface area contributed by atoms with Gasteiger partial charge in [0.15, 0.2) is 0 Å². The van der Waals surface area contributed by atoms with Crippen LogP contribution < -0.4 is 5.32 Å². The van der Waals surface area contributed by atoms with Crippen LogP contribution in [0.15, 0.2) is 30.3 Å². The van der Waals surface area contributed by atoms with Crippen LogP contribution in [0.5, 0.6) is 0 Å². The maximum Gasteiger partial charge on any atom is 0.255 e. The molecular formula is C18H17Cl2FN2O2. The summed E-state index contributed by atoms with van der Waals surface area (Å²) in [5.74, 6) is -1.69. The summed E-state index contributed by atoms with van der Waals surface area (Å²) in [7, 11) is 1.44. The van der Waals surface area contributed by atoms with E-state index in [9.17, 15) is 14.0 Å². The summed E-state index contributed by atoms with van der Waals surface area (Å²) in [5, 5.41) is 2.62. The fourth-order valence-corrected chi connectivity index (χ4v) is 2.72. The number of carbonyl (C=O) groups excluding carboxylic acids is 2. The number of nitrogens with zero attached hydrogens (tertiary/aromatic N) is 1. The number of nitrogens with one attached hydrogen (secondary N) is 1. The third kappa shape index (κ3) is 4.50. The lowest BCUT2D eigenvalue weighted by molar-refractivity contribution is -0.116. The average molecular weight is 383 g/mol. The third-order valence-electron chi connectivity index (χ3n) is 3.85. The molecule has 0 fully saturated rings. The van der Waals surface area contributed by atoms with Crippen LogP contribution in [0.1, 0.15) is 21.5 Å². The summed E-state index contributed by atoms with van der Waals surface area (Å²) < 4.78 is 13.6. The fourth-order valence-electron chi connectivity index (χ4n) is 2.26. The smallest absolute Gasteiger partial charge is 0.255 e. The molecule has 0 aliphatic heterocycles. The molecule has 0 spiro atoms. The van der Waals surface area contributed by atoms with Gasteiger partial charge in [0.25, 0.3) is 5.91 Å². The van der Waals surface area contributed by atoms with E-state index in [0.29, 0.717) is 5.69 Å². The van der Waals surface area contributed by atoms with Gasteiger partial charge in [-0.05, 0) is 43.2 Å². The Kier molecular flexibility index (Phi) is 6.03. The molecule has 0 saturated heterocycles. The molecule has 4 nitrogen and oxygen atoms in total. The van der Waals surface area contributed by atoms with Crippen LogP contribution in [-0.2, 0) is 4.79 Å². The first-order valence-corrected chi connectivity index (χ1v) is 8.22. The van der Waals surface area contributed by atoms with Crippen molar-refractivity contribution in [3.63, 3.8) is 0 Å². The van der Waals surface area contributed by atoms with Gasteiger partial charge in [0.2, 0.25) is 5.91 Å². The maximum absolute atomic E-state index is 13.6. The SMILES string of the molecule is Cc1cccc(NC(=O)CN(C)C(=O)c2cc(F)c(Cl)cc2Cl)c1C. The molecule has 132 valence electrons. The average Bonchev–Trinajstić information content (AvgIpc) is 2.54. The molecular weight excluding hydrogens is 366 g/mol. The van der Waals surface area contributed by atoms with Gasteiger partial charge in [-0.25, -0.2) is 4.39 Å². The molecule has 2 aromatic rings. The Hall–Kier alpha value is -2.11. The molecule has 0 radical (unpaired) electrons. The van der Waals surface area contributed by atoms with Crippen LogP contribution >= 0.6 is 23.2 Å². The summed E-state index contributed by atoms with van der Waals surface area (Å²) in [6, 6.07) is 7.69. The van der Waals surface area contributed by atoms with Crippen molar-refractivity contribution in [1.29, 1.82) is 0 Å². The number of hydrogen-bond acceptors (Lipinski definition) is 2. The van der Waals surface area contributed by atoms with Gasteiger partial charge < -0.3 is 10.2 Å². The van der Waals surface area contributed by atoms with Crippen LogP contribution in [0.2, 0.25) is 10.0 Å². The summed E-state index contributed by atoms with van der Waals surface area (Å²) in [5.41, 5.74) is 2.63. The predicted octanol–water partition coefficient (Wildman–Crippen LogP) is 4.46. The van der Waals surface area contributed by atoms with Gasteiger partial charge >= 0.3 is 0 Å². The van der Waals surface area contributed by atoms with E-state index in [1.807, 2.05) is 26.0 Å². The first-order valence-electron chi connectivity index (χ1n) is 7.46. The van der Waals surface area contributed by atoms with Crippen LogP contribution in [-0.4, -0.2) is 30.3 Å². The van der Waals surface area contributed by atoms with E-state index >= 15 is 0 Å². The molecule has 2 rings (SSSR count). The van der Waals surface area contributed by atoms with E-state index in [4.69, 9.17) is 23.2 Å². The zero-order valence-electron chi connectivity index (χ0n) is 14.0. The van der Waals surface area contributed by atoms with E-state index in [1.165, 1.54) is 7.05 Å². The van der Waals surface area contributed by atoms with Crippen molar-refractivity contribution in [1.82, 2.24) is 4.90 Å². The van der Waals surface area contributed by atoms with E-state index in [1.54, 1.807) is 6.07 Å². The number of benzene rings is 2. The highest BCUT2D eigenvalue weighted by molar-refractivity contribution is 6.36. The highest BCUT2D eigenvalue weighted by Gasteiger charge is 2.20. The topological polar surface area (TPSA) is 49.4 Å². The van der Waals surface area contributed by atoms with Crippen molar-refractivity contribution >= 4 is 40.7 Å². The Labute approximate surface area is 155 Å². The Bertz CT molecular complexity index is 840. The number of rotatable bonds is 4. The summed E-state index contributed by atoms with van der Waals surface area (Å²) >= 11 is 11.6. The van der Waals surface area contributed by atoms with Crippen LogP contribution in [0, 0.1) is 19.7 Å². The van der Waals surface area contributed by atoms with E-state index < -0.39 is 11.7 Å². The van der Waals surface area contributed by atoms with E-state index in [0.717, 1.165) is 28.2 Å². The molecule has 2 aromatic carbocycles. The molecule has 2 amide bonds. The third-order valence-corrected chi connectivity index (χ3v) is 4.45. The normalized spacial score (nSPS) is 10.5. The molecule has 0 atom stereocenters. The molecule has 0 aliphatic carbocycles. The molecule has 0 saturated carbocycles. The number of halogens is 3. The zero-order chi connectivity index (χ0) is 18.7. The summed E-state index contributed by atoms with van der Waals surface area (Å²) in [6.07, 6.45) is 0. The lowest BCUT2D eigenvalue weighted by atomic mass is 10.1. The van der Waals surface area contributed by atoms with Crippen molar-refractivity contribution in [3.8, 4) is 0 Å². The second-order valence-electron chi connectivity index (χ2n) is 5.70. The van der Waals surface area contributed by atoms with Gasteiger partial charge in [-0.15, -0.1) is 0 Å². The number of hydrogen-bond donors (Lipinski definition) is 1. The lowest BCUT2D eigenvalue weighted by Gasteiger charge is -2.18. The second-order valence-corrected chi connectivity index (χ2v) is 6.52.